The summed E-state index contributed by atoms with van der Waals surface area (Å²) < 4.78 is 0. The van der Waals surface area contributed by atoms with Crippen LogP contribution >= 0.6 is 0 Å². The first-order chi connectivity index (χ1) is 11.5. The van der Waals surface area contributed by atoms with Gasteiger partial charge in [0.25, 0.3) is 0 Å². The SMILES string of the molecule is C[C@H](CCc1ccccc1)N[C@@H](C)C(=O)N1CCC2CCC[C@@]21C. The average Bonchev–Trinajstić information content (AvgIpc) is 3.09. The fourth-order valence-electron chi connectivity index (χ4n) is 4.78. The second-order valence-electron chi connectivity index (χ2n) is 8.04. The third-order valence-corrected chi connectivity index (χ3v) is 6.31. The first kappa shape index (κ1) is 17.5. The summed E-state index contributed by atoms with van der Waals surface area (Å²) in [5.41, 5.74) is 1.49. The highest BCUT2D eigenvalue weighted by molar-refractivity contribution is 5.82. The molecule has 1 saturated heterocycles. The van der Waals surface area contributed by atoms with E-state index in [4.69, 9.17) is 0 Å². The summed E-state index contributed by atoms with van der Waals surface area (Å²) in [6.07, 6.45) is 7.06. The van der Waals surface area contributed by atoms with Crippen molar-refractivity contribution in [3.05, 3.63) is 35.9 Å². The molecule has 1 aliphatic heterocycles. The summed E-state index contributed by atoms with van der Waals surface area (Å²) in [5.74, 6) is 1.03. The number of aryl methyl sites for hydroxylation is 1. The van der Waals surface area contributed by atoms with E-state index >= 15 is 0 Å². The molecule has 2 fully saturated rings. The van der Waals surface area contributed by atoms with E-state index in [0.29, 0.717) is 11.9 Å². The molecular weight excluding hydrogens is 296 g/mol. The third-order valence-electron chi connectivity index (χ3n) is 6.31. The van der Waals surface area contributed by atoms with Gasteiger partial charge in [-0.25, -0.2) is 0 Å². The molecule has 3 nitrogen and oxygen atoms in total. The standard InChI is InChI=1S/C21H32N2O/c1-16(11-12-18-8-5-4-6-9-18)22-17(2)20(24)23-15-13-19-10-7-14-21(19,23)3/h4-6,8-9,16-17,19,22H,7,10-15H2,1-3H3/t16-,17+,19?,21+/m1/s1. The minimum absolute atomic E-state index is 0.0908. The Bertz CT molecular complexity index is 558. The molecule has 1 aromatic rings. The first-order valence-electron chi connectivity index (χ1n) is 9.62. The van der Waals surface area contributed by atoms with Crippen LogP contribution in [0.3, 0.4) is 0 Å². The number of nitrogens with one attached hydrogen (secondary N) is 1. The van der Waals surface area contributed by atoms with Crippen LogP contribution in [0.25, 0.3) is 0 Å². The zero-order valence-corrected chi connectivity index (χ0v) is 15.4. The van der Waals surface area contributed by atoms with E-state index in [1.54, 1.807) is 0 Å². The van der Waals surface area contributed by atoms with E-state index in [9.17, 15) is 4.79 Å². The number of likely N-dealkylation sites (tertiary alicyclic amines) is 1. The van der Waals surface area contributed by atoms with Gasteiger partial charge in [0.2, 0.25) is 5.91 Å². The second-order valence-corrected chi connectivity index (χ2v) is 8.04. The van der Waals surface area contributed by atoms with Crippen LogP contribution in [0.15, 0.2) is 30.3 Å². The Balaban J connectivity index is 1.51. The number of hydrogen-bond acceptors (Lipinski definition) is 2. The van der Waals surface area contributed by atoms with Crippen molar-refractivity contribution in [2.75, 3.05) is 6.54 Å². The van der Waals surface area contributed by atoms with Crippen LogP contribution in [0.2, 0.25) is 0 Å². The van der Waals surface area contributed by atoms with Crippen molar-refractivity contribution >= 4 is 5.91 Å². The Labute approximate surface area is 146 Å². The van der Waals surface area contributed by atoms with E-state index in [1.165, 1.54) is 31.2 Å². The van der Waals surface area contributed by atoms with Gasteiger partial charge in [-0.3, -0.25) is 4.79 Å². The third kappa shape index (κ3) is 3.51. The zero-order valence-electron chi connectivity index (χ0n) is 15.4. The van der Waals surface area contributed by atoms with Gasteiger partial charge in [0.15, 0.2) is 0 Å². The fraction of sp³-hybridized carbons (Fsp3) is 0.667. The number of carbonyl (C=O) groups excluding carboxylic acids is 1. The smallest absolute Gasteiger partial charge is 0.239 e. The van der Waals surface area contributed by atoms with Crippen molar-refractivity contribution in [1.82, 2.24) is 10.2 Å². The molecule has 1 amide bonds. The van der Waals surface area contributed by atoms with Crippen LogP contribution in [0.5, 0.6) is 0 Å². The summed E-state index contributed by atoms with van der Waals surface area (Å²) in [7, 11) is 0. The van der Waals surface area contributed by atoms with E-state index in [-0.39, 0.29) is 11.6 Å². The summed E-state index contributed by atoms with van der Waals surface area (Å²) in [6.45, 7) is 7.48. The van der Waals surface area contributed by atoms with Crippen molar-refractivity contribution in [3.8, 4) is 0 Å². The van der Waals surface area contributed by atoms with Gasteiger partial charge in [-0.05, 0) is 64.4 Å². The number of nitrogens with zero attached hydrogens (tertiary/aromatic N) is 1. The van der Waals surface area contributed by atoms with Gasteiger partial charge in [-0.2, -0.15) is 0 Å². The van der Waals surface area contributed by atoms with Crippen molar-refractivity contribution in [2.45, 2.75) is 76.9 Å². The van der Waals surface area contributed by atoms with Crippen LogP contribution in [-0.2, 0) is 11.2 Å². The molecular formula is C21H32N2O. The second kappa shape index (κ2) is 7.26. The van der Waals surface area contributed by atoms with Crippen molar-refractivity contribution in [3.63, 3.8) is 0 Å². The molecule has 1 saturated carbocycles. The van der Waals surface area contributed by atoms with Gasteiger partial charge in [-0.1, -0.05) is 36.8 Å². The van der Waals surface area contributed by atoms with E-state index < -0.39 is 0 Å². The van der Waals surface area contributed by atoms with Crippen molar-refractivity contribution < 1.29 is 4.79 Å². The van der Waals surface area contributed by atoms with Crippen LogP contribution in [0.1, 0.15) is 58.4 Å². The van der Waals surface area contributed by atoms with E-state index in [2.05, 4.69) is 54.4 Å². The predicted octanol–water partition coefficient (Wildman–Crippen LogP) is 3.78. The summed E-state index contributed by atoms with van der Waals surface area (Å²) in [4.78, 5) is 15.2. The fourth-order valence-corrected chi connectivity index (χ4v) is 4.78. The maximum atomic E-state index is 13.0. The largest absolute Gasteiger partial charge is 0.336 e. The van der Waals surface area contributed by atoms with Crippen LogP contribution in [0.4, 0.5) is 0 Å². The Morgan fingerprint density at radius 3 is 2.79 bits per heavy atom. The molecule has 1 aliphatic carbocycles. The predicted molar refractivity (Wildman–Crippen MR) is 98.9 cm³/mol. The maximum absolute atomic E-state index is 13.0. The topological polar surface area (TPSA) is 32.3 Å². The van der Waals surface area contributed by atoms with Crippen molar-refractivity contribution in [1.29, 1.82) is 0 Å². The number of rotatable bonds is 6. The quantitative estimate of drug-likeness (QED) is 0.862. The molecule has 1 N–H and O–H groups in total. The zero-order chi connectivity index (χ0) is 17.2. The summed E-state index contributed by atoms with van der Waals surface area (Å²) >= 11 is 0. The molecule has 4 atom stereocenters. The van der Waals surface area contributed by atoms with Gasteiger partial charge in [0.05, 0.1) is 6.04 Å². The lowest BCUT2D eigenvalue weighted by molar-refractivity contribution is -0.137. The number of carbonyl (C=O) groups is 1. The molecule has 3 heteroatoms. The Morgan fingerprint density at radius 1 is 1.29 bits per heavy atom. The molecule has 0 bridgehead atoms. The lowest BCUT2D eigenvalue weighted by Crippen LogP contribution is -2.53. The summed E-state index contributed by atoms with van der Waals surface area (Å²) in [6, 6.07) is 10.8. The number of benzene rings is 1. The van der Waals surface area contributed by atoms with Gasteiger partial charge in [0, 0.05) is 18.1 Å². The maximum Gasteiger partial charge on any atom is 0.239 e. The lowest BCUT2D eigenvalue weighted by atomic mass is 9.90. The molecule has 0 aromatic heterocycles. The van der Waals surface area contributed by atoms with E-state index in [1.807, 2.05) is 6.92 Å². The molecule has 24 heavy (non-hydrogen) atoms. The highest BCUT2D eigenvalue weighted by Gasteiger charge is 2.50. The van der Waals surface area contributed by atoms with Crippen molar-refractivity contribution in [2.24, 2.45) is 5.92 Å². The Kier molecular flexibility index (Phi) is 5.29. The number of amides is 1. The molecule has 3 rings (SSSR count). The first-order valence-corrected chi connectivity index (χ1v) is 9.62. The Hall–Kier alpha value is -1.35. The van der Waals surface area contributed by atoms with Crippen LogP contribution in [0, 0.1) is 5.92 Å². The highest BCUT2D eigenvalue weighted by Crippen LogP contribution is 2.46. The monoisotopic (exact) mass is 328 g/mol. The lowest BCUT2D eigenvalue weighted by Gasteiger charge is -2.37. The van der Waals surface area contributed by atoms with Crippen LogP contribution in [-0.4, -0.2) is 35.0 Å². The number of hydrogen-bond donors (Lipinski definition) is 1. The molecule has 2 aliphatic rings. The van der Waals surface area contributed by atoms with Gasteiger partial charge in [0.1, 0.15) is 0 Å². The Morgan fingerprint density at radius 2 is 2.04 bits per heavy atom. The minimum Gasteiger partial charge on any atom is -0.336 e. The molecule has 0 radical (unpaired) electrons. The highest BCUT2D eigenvalue weighted by atomic mass is 16.2. The molecule has 1 aromatic carbocycles. The van der Waals surface area contributed by atoms with Gasteiger partial charge < -0.3 is 10.2 Å². The molecule has 0 spiro atoms. The van der Waals surface area contributed by atoms with Gasteiger partial charge in [-0.15, -0.1) is 0 Å². The molecule has 132 valence electrons. The van der Waals surface area contributed by atoms with E-state index in [0.717, 1.165) is 25.3 Å². The molecule has 1 unspecified atom stereocenters. The van der Waals surface area contributed by atoms with Gasteiger partial charge >= 0.3 is 0 Å². The normalized spacial score (nSPS) is 28.6. The average molecular weight is 329 g/mol. The van der Waals surface area contributed by atoms with Crippen LogP contribution < -0.4 is 5.32 Å². The number of fused-ring (bicyclic) bond motifs is 1. The summed E-state index contributed by atoms with van der Waals surface area (Å²) in [5, 5.41) is 3.53. The molecule has 1 heterocycles. The minimum atomic E-state index is -0.0908.